The van der Waals surface area contributed by atoms with E-state index < -0.39 is 12.8 Å². The fourth-order valence-corrected chi connectivity index (χ4v) is 1.96. The summed E-state index contributed by atoms with van der Waals surface area (Å²) >= 11 is 0. The van der Waals surface area contributed by atoms with Gasteiger partial charge < -0.3 is 14.8 Å². The van der Waals surface area contributed by atoms with E-state index >= 15 is 0 Å². The molecule has 7 heteroatoms. The number of ether oxygens (including phenoxy) is 2. The Kier molecular flexibility index (Phi) is 5.68. The highest BCUT2D eigenvalue weighted by atomic mass is 19.4. The third-order valence-corrected chi connectivity index (χ3v) is 3.09. The highest BCUT2D eigenvalue weighted by Crippen LogP contribution is 2.19. The van der Waals surface area contributed by atoms with Gasteiger partial charge >= 0.3 is 6.18 Å². The molecule has 24 heavy (non-hydrogen) atoms. The zero-order valence-electron chi connectivity index (χ0n) is 12.9. The maximum absolute atomic E-state index is 12.2. The van der Waals surface area contributed by atoms with Crippen LogP contribution >= 0.6 is 0 Å². The van der Waals surface area contributed by atoms with Crippen LogP contribution in [-0.2, 0) is 6.54 Å². The van der Waals surface area contributed by atoms with Crippen molar-refractivity contribution < 1.29 is 27.4 Å². The van der Waals surface area contributed by atoms with E-state index in [1.165, 1.54) is 19.2 Å². The predicted molar refractivity (Wildman–Crippen MR) is 82.2 cm³/mol. The second-order valence-electron chi connectivity index (χ2n) is 4.97. The van der Waals surface area contributed by atoms with Crippen molar-refractivity contribution in [1.29, 1.82) is 0 Å². The van der Waals surface area contributed by atoms with Crippen LogP contribution in [0.4, 0.5) is 13.2 Å². The van der Waals surface area contributed by atoms with Gasteiger partial charge in [-0.25, -0.2) is 0 Å². The van der Waals surface area contributed by atoms with Crippen LogP contribution in [0.15, 0.2) is 48.5 Å². The van der Waals surface area contributed by atoms with Crippen molar-refractivity contribution in [2.75, 3.05) is 13.7 Å². The summed E-state index contributed by atoms with van der Waals surface area (Å²) in [5, 5.41) is 2.69. The Morgan fingerprint density at radius 3 is 2.50 bits per heavy atom. The molecule has 128 valence electrons. The molecule has 0 aromatic heterocycles. The van der Waals surface area contributed by atoms with Crippen molar-refractivity contribution in [2.45, 2.75) is 12.7 Å². The normalized spacial score (nSPS) is 11.0. The molecule has 0 fully saturated rings. The Bertz CT molecular complexity index is 701. The SMILES string of the molecule is COc1cccc(C(=O)NCc2cccc(OCC(F)(F)F)c2)c1. The van der Waals surface area contributed by atoms with E-state index in [2.05, 4.69) is 10.1 Å². The van der Waals surface area contributed by atoms with E-state index in [1.54, 1.807) is 36.4 Å². The van der Waals surface area contributed by atoms with Crippen LogP contribution in [-0.4, -0.2) is 25.8 Å². The van der Waals surface area contributed by atoms with Crippen LogP contribution in [0.25, 0.3) is 0 Å². The summed E-state index contributed by atoms with van der Waals surface area (Å²) in [5.41, 5.74) is 1.06. The maximum Gasteiger partial charge on any atom is 0.422 e. The minimum atomic E-state index is -4.39. The maximum atomic E-state index is 12.2. The number of hydrogen-bond acceptors (Lipinski definition) is 3. The van der Waals surface area contributed by atoms with Crippen LogP contribution in [0.1, 0.15) is 15.9 Å². The second-order valence-corrected chi connectivity index (χ2v) is 4.97. The van der Waals surface area contributed by atoms with E-state index in [0.717, 1.165) is 0 Å². The van der Waals surface area contributed by atoms with E-state index in [9.17, 15) is 18.0 Å². The van der Waals surface area contributed by atoms with Gasteiger partial charge in [0.25, 0.3) is 5.91 Å². The van der Waals surface area contributed by atoms with E-state index in [0.29, 0.717) is 16.9 Å². The topological polar surface area (TPSA) is 47.6 Å². The van der Waals surface area contributed by atoms with Crippen molar-refractivity contribution in [3.8, 4) is 11.5 Å². The summed E-state index contributed by atoms with van der Waals surface area (Å²) in [6.45, 7) is -1.19. The van der Waals surface area contributed by atoms with Crippen LogP contribution in [0.2, 0.25) is 0 Å². The molecule has 0 saturated carbocycles. The molecule has 0 radical (unpaired) electrons. The number of rotatable bonds is 6. The minimum Gasteiger partial charge on any atom is -0.497 e. The van der Waals surface area contributed by atoms with Gasteiger partial charge in [0.2, 0.25) is 0 Å². The lowest BCUT2D eigenvalue weighted by Crippen LogP contribution is -2.23. The molecule has 2 aromatic rings. The molecule has 0 aliphatic rings. The van der Waals surface area contributed by atoms with Gasteiger partial charge in [-0.2, -0.15) is 13.2 Å². The molecule has 0 aliphatic carbocycles. The van der Waals surface area contributed by atoms with Crippen molar-refractivity contribution in [3.63, 3.8) is 0 Å². The summed E-state index contributed by atoms with van der Waals surface area (Å²) in [5.74, 6) is 0.348. The molecule has 0 bridgehead atoms. The lowest BCUT2D eigenvalue weighted by atomic mass is 10.2. The Morgan fingerprint density at radius 1 is 1.08 bits per heavy atom. The van der Waals surface area contributed by atoms with E-state index in [-0.39, 0.29) is 18.2 Å². The number of halogens is 3. The number of benzene rings is 2. The zero-order valence-corrected chi connectivity index (χ0v) is 12.9. The Hall–Kier alpha value is -2.70. The molecule has 0 unspecified atom stereocenters. The van der Waals surface area contributed by atoms with Crippen molar-refractivity contribution >= 4 is 5.91 Å². The minimum absolute atomic E-state index is 0.0976. The van der Waals surface area contributed by atoms with Crippen molar-refractivity contribution in [1.82, 2.24) is 5.32 Å². The predicted octanol–water partition coefficient (Wildman–Crippen LogP) is 3.57. The fourth-order valence-electron chi connectivity index (χ4n) is 1.96. The average molecular weight is 339 g/mol. The molecule has 0 saturated heterocycles. The smallest absolute Gasteiger partial charge is 0.422 e. The molecule has 2 aromatic carbocycles. The molecule has 2 rings (SSSR count). The monoisotopic (exact) mass is 339 g/mol. The van der Waals surface area contributed by atoms with Crippen LogP contribution in [0.3, 0.4) is 0 Å². The molecule has 0 heterocycles. The van der Waals surface area contributed by atoms with Gasteiger partial charge in [0, 0.05) is 12.1 Å². The van der Waals surface area contributed by atoms with Crippen LogP contribution < -0.4 is 14.8 Å². The van der Waals surface area contributed by atoms with Crippen LogP contribution in [0, 0.1) is 0 Å². The number of carbonyl (C=O) groups excluding carboxylic acids is 1. The molecule has 1 amide bonds. The highest BCUT2D eigenvalue weighted by Gasteiger charge is 2.28. The molecule has 1 N–H and O–H groups in total. The van der Waals surface area contributed by atoms with Gasteiger partial charge in [0.05, 0.1) is 7.11 Å². The summed E-state index contributed by atoms with van der Waals surface area (Å²) < 4.78 is 46.2. The number of nitrogens with one attached hydrogen (secondary N) is 1. The summed E-state index contributed by atoms with van der Waals surface area (Å²) in [7, 11) is 1.50. The number of hydrogen-bond donors (Lipinski definition) is 1. The fraction of sp³-hybridized carbons (Fsp3) is 0.235. The summed E-state index contributed by atoms with van der Waals surface area (Å²) in [4.78, 5) is 12.1. The molecule has 0 atom stereocenters. The molecule has 4 nitrogen and oxygen atoms in total. The van der Waals surface area contributed by atoms with E-state index in [4.69, 9.17) is 4.74 Å². The van der Waals surface area contributed by atoms with Crippen molar-refractivity contribution in [2.24, 2.45) is 0 Å². The number of amides is 1. The third-order valence-electron chi connectivity index (χ3n) is 3.09. The number of carbonyl (C=O) groups is 1. The lowest BCUT2D eigenvalue weighted by molar-refractivity contribution is -0.153. The Morgan fingerprint density at radius 2 is 1.79 bits per heavy atom. The second kappa shape index (κ2) is 7.72. The Labute approximate surface area is 137 Å². The first kappa shape index (κ1) is 17.7. The molecule has 0 spiro atoms. The largest absolute Gasteiger partial charge is 0.497 e. The molecule has 0 aliphatic heterocycles. The standard InChI is InChI=1S/C17H16F3NO3/c1-23-14-6-3-5-13(9-14)16(22)21-10-12-4-2-7-15(8-12)24-11-17(18,19)20/h2-9H,10-11H2,1H3,(H,21,22). The van der Waals surface area contributed by atoms with Gasteiger partial charge in [-0.3, -0.25) is 4.79 Å². The number of methoxy groups -OCH3 is 1. The molecular weight excluding hydrogens is 323 g/mol. The van der Waals surface area contributed by atoms with Gasteiger partial charge in [-0.05, 0) is 35.9 Å². The number of alkyl halides is 3. The zero-order chi connectivity index (χ0) is 17.6. The quantitative estimate of drug-likeness (QED) is 0.875. The average Bonchev–Trinajstić information content (AvgIpc) is 2.57. The Balaban J connectivity index is 1.95. The first-order chi connectivity index (χ1) is 11.4. The van der Waals surface area contributed by atoms with Crippen LogP contribution in [0.5, 0.6) is 11.5 Å². The van der Waals surface area contributed by atoms with Crippen molar-refractivity contribution in [3.05, 3.63) is 59.7 Å². The van der Waals surface area contributed by atoms with Gasteiger partial charge in [-0.1, -0.05) is 18.2 Å². The third kappa shape index (κ3) is 5.49. The first-order valence-corrected chi connectivity index (χ1v) is 7.08. The summed E-state index contributed by atoms with van der Waals surface area (Å²) in [6, 6.07) is 12.8. The highest BCUT2D eigenvalue weighted by molar-refractivity contribution is 5.94. The van der Waals surface area contributed by atoms with Gasteiger partial charge in [0.1, 0.15) is 11.5 Å². The lowest BCUT2D eigenvalue weighted by Gasteiger charge is -2.11. The van der Waals surface area contributed by atoms with Gasteiger partial charge in [-0.15, -0.1) is 0 Å². The van der Waals surface area contributed by atoms with E-state index in [1.807, 2.05) is 0 Å². The molecular formula is C17H16F3NO3. The summed E-state index contributed by atoms with van der Waals surface area (Å²) in [6.07, 6.45) is -4.39. The first-order valence-electron chi connectivity index (χ1n) is 7.08. The van der Waals surface area contributed by atoms with Gasteiger partial charge in [0.15, 0.2) is 6.61 Å².